The fourth-order valence-corrected chi connectivity index (χ4v) is 2.56. The van der Waals surface area contributed by atoms with Gasteiger partial charge in [0.05, 0.1) is 16.1 Å². The van der Waals surface area contributed by atoms with Crippen molar-refractivity contribution in [1.82, 2.24) is 15.3 Å². The first-order chi connectivity index (χ1) is 11.6. The number of aromatic nitrogens is 2. The number of H-pyrrole nitrogens is 1. The zero-order valence-corrected chi connectivity index (χ0v) is 14.1. The molecule has 0 saturated carbocycles. The summed E-state index contributed by atoms with van der Waals surface area (Å²) in [5.41, 5.74) is 3.13. The van der Waals surface area contributed by atoms with Crippen LogP contribution in [0.2, 0.25) is 5.02 Å². The Hall–Kier alpha value is -2.53. The van der Waals surface area contributed by atoms with Crippen LogP contribution >= 0.6 is 11.6 Å². The number of rotatable bonds is 6. The van der Waals surface area contributed by atoms with E-state index in [2.05, 4.69) is 21.4 Å². The molecule has 2 N–H and O–H groups in total. The highest BCUT2D eigenvalue weighted by molar-refractivity contribution is 6.32. The number of para-hydroxylation sites is 1. The maximum Gasteiger partial charge on any atom is 0.257 e. The van der Waals surface area contributed by atoms with Gasteiger partial charge >= 0.3 is 0 Å². The van der Waals surface area contributed by atoms with Crippen molar-refractivity contribution in [3.8, 4) is 5.75 Å². The lowest BCUT2D eigenvalue weighted by molar-refractivity contribution is -0.123. The average molecular weight is 344 g/mol. The van der Waals surface area contributed by atoms with Crippen LogP contribution < -0.4 is 10.1 Å². The summed E-state index contributed by atoms with van der Waals surface area (Å²) in [6.07, 6.45) is 0.631. The highest BCUT2D eigenvalue weighted by Gasteiger charge is 2.06. The maximum absolute atomic E-state index is 11.8. The van der Waals surface area contributed by atoms with Gasteiger partial charge in [0.25, 0.3) is 5.91 Å². The second-order valence-corrected chi connectivity index (χ2v) is 5.93. The number of benzene rings is 2. The fourth-order valence-electron chi connectivity index (χ4n) is 2.37. The third-order valence-electron chi connectivity index (χ3n) is 3.57. The quantitative estimate of drug-likeness (QED) is 0.722. The van der Waals surface area contributed by atoms with Gasteiger partial charge in [0.2, 0.25) is 0 Å². The largest absolute Gasteiger partial charge is 0.482 e. The Morgan fingerprint density at radius 2 is 2.12 bits per heavy atom. The van der Waals surface area contributed by atoms with Crippen LogP contribution in [0.25, 0.3) is 11.0 Å². The number of amides is 1. The number of hydrogen-bond acceptors (Lipinski definition) is 3. The first kappa shape index (κ1) is 16.3. The lowest BCUT2D eigenvalue weighted by Crippen LogP contribution is -2.30. The van der Waals surface area contributed by atoms with Crippen molar-refractivity contribution in [3.05, 3.63) is 58.9 Å². The van der Waals surface area contributed by atoms with Crippen molar-refractivity contribution in [3.63, 3.8) is 0 Å². The molecule has 6 heteroatoms. The van der Waals surface area contributed by atoms with E-state index in [1.54, 1.807) is 12.1 Å². The van der Waals surface area contributed by atoms with Crippen molar-refractivity contribution in [2.45, 2.75) is 13.3 Å². The molecule has 0 spiro atoms. The Balaban J connectivity index is 1.47. The summed E-state index contributed by atoms with van der Waals surface area (Å²) in [5.74, 6) is 1.16. The summed E-state index contributed by atoms with van der Waals surface area (Å²) in [6.45, 7) is 2.46. The normalized spacial score (nSPS) is 10.8. The minimum atomic E-state index is -0.193. The molecule has 0 aliphatic carbocycles. The Morgan fingerprint density at radius 3 is 2.96 bits per heavy atom. The molecule has 1 aromatic heterocycles. The van der Waals surface area contributed by atoms with Crippen LogP contribution in [-0.2, 0) is 11.2 Å². The summed E-state index contributed by atoms with van der Waals surface area (Å²) < 4.78 is 5.40. The van der Waals surface area contributed by atoms with Crippen LogP contribution in [0.5, 0.6) is 5.75 Å². The number of fused-ring (bicyclic) bond motifs is 1. The molecule has 0 saturated heterocycles. The number of carbonyl (C=O) groups is 1. The molecule has 0 aliphatic heterocycles. The molecule has 0 bridgehead atoms. The van der Waals surface area contributed by atoms with Crippen molar-refractivity contribution in [2.24, 2.45) is 0 Å². The van der Waals surface area contributed by atoms with E-state index in [1.807, 2.05) is 31.2 Å². The van der Waals surface area contributed by atoms with Gasteiger partial charge in [-0.2, -0.15) is 0 Å². The fraction of sp³-hybridized carbons (Fsp3) is 0.222. The van der Waals surface area contributed by atoms with E-state index >= 15 is 0 Å². The van der Waals surface area contributed by atoms with Crippen LogP contribution in [0, 0.1) is 6.92 Å². The molecule has 0 unspecified atom stereocenters. The average Bonchev–Trinajstić information content (AvgIpc) is 2.96. The smallest absolute Gasteiger partial charge is 0.257 e. The summed E-state index contributed by atoms with van der Waals surface area (Å²) in [5, 5.41) is 3.30. The molecule has 24 heavy (non-hydrogen) atoms. The molecule has 0 aliphatic rings. The molecule has 1 heterocycles. The van der Waals surface area contributed by atoms with Gasteiger partial charge < -0.3 is 15.0 Å². The van der Waals surface area contributed by atoms with Gasteiger partial charge in [0.15, 0.2) is 6.61 Å². The van der Waals surface area contributed by atoms with Gasteiger partial charge in [-0.25, -0.2) is 4.98 Å². The molecular formula is C18H18ClN3O2. The molecule has 0 radical (unpaired) electrons. The molecule has 3 rings (SSSR count). The van der Waals surface area contributed by atoms with E-state index in [0.29, 0.717) is 23.7 Å². The number of nitrogens with zero attached hydrogens (tertiary/aromatic N) is 1. The molecule has 2 aromatic carbocycles. The zero-order valence-electron chi connectivity index (χ0n) is 13.3. The van der Waals surface area contributed by atoms with Crippen LogP contribution in [-0.4, -0.2) is 29.0 Å². The van der Waals surface area contributed by atoms with Crippen molar-refractivity contribution < 1.29 is 9.53 Å². The molecule has 3 aromatic rings. The molecule has 0 fully saturated rings. The lowest BCUT2D eigenvalue weighted by atomic mass is 10.2. The van der Waals surface area contributed by atoms with Gasteiger partial charge in [0.1, 0.15) is 11.6 Å². The van der Waals surface area contributed by atoms with Gasteiger partial charge in [0, 0.05) is 13.0 Å². The minimum absolute atomic E-state index is 0.0664. The van der Waals surface area contributed by atoms with Crippen molar-refractivity contribution in [2.75, 3.05) is 13.2 Å². The highest BCUT2D eigenvalue weighted by Crippen LogP contribution is 2.22. The van der Waals surface area contributed by atoms with E-state index in [0.717, 1.165) is 16.9 Å². The summed E-state index contributed by atoms with van der Waals surface area (Å²) in [4.78, 5) is 19.6. The number of aromatic amines is 1. The number of imidazole rings is 1. The molecule has 1 amide bonds. The number of aryl methyl sites for hydroxylation is 1. The second kappa shape index (κ2) is 7.36. The second-order valence-electron chi connectivity index (χ2n) is 5.52. The Kier molecular flexibility index (Phi) is 5.01. The van der Waals surface area contributed by atoms with Crippen molar-refractivity contribution >= 4 is 28.5 Å². The molecular weight excluding hydrogens is 326 g/mol. The first-order valence-electron chi connectivity index (χ1n) is 7.71. The van der Waals surface area contributed by atoms with E-state index in [9.17, 15) is 4.79 Å². The number of halogens is 1. The van der Waals surface area contributed by atoms with Crippen LogP contribution in [0.3, 0.4) is 0 Å². The summed E-state index contributed by atoms with van der Waals surface area (Å²) in [7, 11) is 0. The predicted molar refractivity (Wildman–Crippen MR) is 94.5 cm³/mol. The van der Waals surface area contributed by atoms with E-state index in [1.165, 1.54) is 5.56 Å². The van der Waals surface area contributed by atoms with Crippen LogP contribution in [0.1, 0.15) is 11.4 Å². The Labute approximate surface area is 145 Å². The zero-order chi connectivity index (χ0) is 16.9. The third kappa shape index (κ3) is 4.06. The number of carbonyl (C=O) groups excluding carboxylic acids is 1. The maximum atomic E-state index is 11.8. The first-order valence-corrected chi connectivity index (χ1v) is 8.09. The van der Waals surface area contributed by atoms with Crippen molar-refractivity contribution in [1.29, 1.82) is 0 Å². The van der Waals surface area contributed by atoms with E-state index in [4.69, 9.17) is 16.3 Å². The Morgan fingerprint density at radius 1 is 1.29 bits per heavy atom. The topological polar surface area (TPSA) is 67.0 Å². The molecule has 124 valence electrons. The predicted octanol–water partition coefficient (Wildman–Crippen LogP) is 3.26. The lowest BCUT2D eigenvalue weighted by Gasteiger charge is -2.08. The standard InChI is InChI=1S/C18H18ClN3O2/c1-12-6-7-14-15(10-12)22-17(21-14)8-9-20-18(23)11-24-16-5-3-2-4-13(16)19/h2-7,10H,8-9,11H2,1H3,(H,20,23)(H,21,22). The van der Waals surface area contributed by atoms with Crippen LogP contribution in [0.4, 0.5) is 0 Å². The van der Waals surface area contributed by atoms with E-state index < -0.39 is 0 Å². The highest BCUT2D eigenvalue weighted by atomic mass is 35.5. The van der Waals surface area contributed by atoms with Gasteiger partial charge in [-0.1, -0.05) is 29.8 Å². The van der Waals surface area contributed by atoms with Gasteiger partial charge in [-0.05, 0) is 36.8 Å². The minimum Gasteiger partial charge on any atom is -0.482 e. The monoisotopic (exact) mass is 343 g/mol. The summed E-state index contributed by atoms with van der Waals surface area (Å²) in [6, 6.07) is 13.1. The molecule has 0 atom stereocenters. The number of ether oxygens (including phenoxy) is 1. The van der Waals surface area contributed by atoms with Crippen LogP contribution in [0.15, 0.2) is 42.5 Å². The number of nitrogens with one attached hydrogen (secondary N) is 2. The van der Waals surface area contributed by atoms with Gasteiger partial charge in [-0.3, -0.25) is 4.79 Å². The SMILES string of the molecule is Cc1ccc2nc(CCNC(=O)COc3ccccc3Cl)[nH]c2c1. The van der Waals surface area contributed by atoms with E-state index in [-0.39, 0.29) is 12.5 Å². The molecule has 5 nitrogen and oxygen atoms in total. The Bertz CT molecular complexity index is 860. The summed E-state index contributed by atoms with van der Waals surface area (Å²) >= 11 is 5.97. The third-order valence-corrected chi connectivity index (χ3v) is 3.88. The van der Waals surface area contributed by atoms with Gasteiger partial charge in [-0.15, -0.1) is 0 Å². The number of hydrogen-bond donors (Lipinski definition) is 2.